The predicted molar refractivity (Wildman–Crippen MR) is 116 cm³/mol. The number of aryl methyl sites for hydroxylation is 3. The van der Waals surface area contributed by atoms with E-state index in [1.165, 1.54) is 18.0 Å². The number of anilines is 1. The van der Waals surface area contributed by atoms with Gasteiger partial charge in [-0.3, -0.25) is 13.9 Å². The fourth-order valence-corrected chi connectivity index (χ4v) is 5.63. The molecule has 0 radical (unpaired) electrons. The maximum atomic E-state index is 13.0. The van der Waals surface area contributed by atoms with Gasteiger partial charge in [0.2, 0.25) is 5.95 Å². The summed E-state index contributed by atoms with van der Waals surface area (Å²) in [7, 11) is 3.19. The van der Waals surface area contributed by atoms with E-state index in [1.54, 1.807) is 30.1 Å². The third-order valence-corrected chi connectivity index (χ3v) is 7.27. The van der Waals surface area contributed by atoms with E-state index in [4.69, 9.17) is 4.98 Å². The summed E-state index contributed by atoms with van der Waals surface area (Å²) in [5.74, 6) is 2.09. The van der Waals surface area contributed by atoms with Crippen molar-refractivity contribution in [3.63, 3.8) is 0 Å². The summed E-state index contributed by atoms with van der Waals surface area (Å²) in [6.45, 7) is 6.59. The van der Waals surface area contributed by atoms with E-state index < -0.39 is 0 Å². The molecule has 3 aromatic heterocycles. The fourth-order valence-electron chi connectivity index (χ4n) is 3.82. The highest BCUT2D eigenvalue weighted by Gasteiger charge is 2.25. The molecular formula is C18H25N7O2S2. The van der Waals surface area contributed by atoms with Crippen LogP contribution in [0.25, 0.3) is 11.2 Å². The summed E-state index contributed by atoms with van der Waals surface area (Å²) in [4.78, 5) is 32.4. The lowest BCUT2D eigenvalue weighted by molar-refractivity contribution is 0.438. The number of imidazole rings is 1. The third-order valence-electron chi connectivity index (χ3n) is 5.32. The van der Waals surface area contributed by atoms with E-state index in [2.05, 4.69) is 22.0 Å². The van der Waals surface area contributed by atoms with Crippen molar-refractivity contribution in [2.24, 2.45) is 20.0 Å². The van der Waals surface area contributed by atoms with Crippen LogP contribution in [0.2, 0.25) is 0 Å². The van der Waals surface area contributed by atoms with Crippen LogP contribution in [0.3, 0.4) is 0 Å². The molecule has 0 spiro atoms. The highest BCUT2D eigenvalue weighted by atomic mass is 32.2. The Morgan fingerprint density at radius 2 is 2.00 bits per heavy atom. The van der Waals surface area contributed by atoms with Crippen LogP contribution in [0, 0.1) is 12.8 Å². The summed E-state index contributed by atoms with van der Waals surface area (Å²) in [5.41, 5.74) is 0.271. The third kappa shape index (κ3) is 3.73. The van der Waals surface area contributed by atoms with Crippen LogP contribution >= 0.6 is 23.1 Å². The first kappa shape index (κ1) is 20.1. The van der Waals surface area contributed by atoms with Crippen LogP contribution in [-0.4, -0.2) is 47.7 Å². The van der Waals surface area contributed by atoms with Crippen LogP contribution in [-0.2, 0) is 20.6 Å². The molecular weight excluding hydrogens is 410 g/mol. The zero-order valence-electron chi connectivity index (χ0n) is 17.1. The minimum Gasteiger partial charge on any atom is -0.342 e. The van der Waals surface area contributed by atoms with Crippen LogP contribution in [0.1, 0.15) is 24.8 Å². The summed E-state index contributed by atoms with van der Waals surface area (Å²) in [5, 5.41) is 9.16. The van der Waals surface area contributed by atoms with Crippen molar-refractivity contribution in [3.8, 4) is 0 Å². The molecule has 0 bridgehead atoms. The number of piperidine rings is 1. The van der Waals surface area contributed by atoms with E-state index in [0.717, 1.165) is 45.1 Å². The van der Waals surface area contributed by atoms with Gasteiger partial charge in [0.25, 0.3) is 5.56 Å². The Bertz CT molecular complexity index is 1160. The largest absolute Gasteiger partial charge is 0.342 e. The number of thioether (sulfide) groups is 1. The van der Waals surface area contributed by atoms with Gasteiger partial charge in [0.05, 0.1) is 0 Å². The molecule has 156 valence electrons. The normalized spacial score (nSPS) is 17.4. The lowest BCUT2D eigenvalue weighted by Crippen LogP contribution is -2.38. The Balaban J connectivity index is 1.76. The first-order valence-corrected chi connectivity index (χ1v) is 11.5. The first-order valence-electron chi connectivity index (χ1n) is 9.71. The molecule has 29 heavy (non-hydrogen) atoms. The van der Waals surface area contributed by atoms with E-state index in [9.17, 15) is 9.59 Å². The molecule has 3 aromatic rings. The fraction of sp³-hybridized carbons (Fsp3) is 0.611. The van der Waals surface area contributed by atoms with Crippen molar-refractivity contribution < 1.29 is 0 Å². The number of aromatic nitrogens is 6. The Morgan fingerprint density at radius 1 is 1.21 bits per heavy atom. The molecule has 1 fully saturated rings. The molecule has 0 saturated carbocycles. The Hall–Kier alpha value is -2.14. The average molecular weight is 436 g/mol. The van der Waals surface area contributed by atoms with Crippen molar-refractivity contribution in [2.75, 3.05) is 23.7 Å². The molecule has 1 saturated heterocycles. The van der Waals surface area contributed by atoms with Crippen LogP contribution in [0.15, 0.2) is 13.9 Å². The van der Waals surface area contributed by atoms with E-state index in [-0.39, 0.29) is 11.2 Å². The van der Waals surface area contributed by atoms with Crippen molar-refractivity contribution in [1.82, 2.24) is 28.9 Å². The van der Waals surface area contributed by atoms with Gasteiger partial charge < -0.3 is 9.47 Å². The molecule has 1 aliphatic heterocycles. The maximum absolute atomic E-state index is 13.0. The standard InChI is InChI=1S/C18H25N7O2S2/c1-11-6-5-7-24(10-11)16-19-14-13(15(26)23(4)18(27)22(14)3)25(16)8-9-28-17-21-20-12(2)29-17/h11H,5-10H2,1-4H3/t11-/m1/s1. The van der Waals surface area contributed by atoms with Crippen molar-refractivity contribution in [2.45, 2.75) is 37.6 Å². The van der Waals surface area contributed by atoms with E-state index in [1.807, 2.05) is 11.5 Å². The van der Waals surface area contributed by atoms with Crippen molar-refractivity contribution in [3.05, 3.63) is 25.8 Å². The van der Waals surface area contributed by atoms with Gasteiger partial charge in [-0.15, -0.1) is 10.2 Å². The van der Waals surface area contributed by atoms with Gasteiger partial charge in [-0.1, -0.05) is 30.0 Å². The number of fused-ring (bicyclic) bond motifs is 1. The second kappa shape index (κ2) is 7.94. The smallest absolute Gasteiger partial charge is 0.332 e. The molecule has 9 nitrogen and oxygen atoms in total. The lowest BCUT2D eigenvalue weighted by Gasteiger charge is -2.32. The highest BCUT2D eigenvalue weighted by Crippen LogP contribution is 2.27. The maximum Gasteiger partial charge on any atom is 0.332 e. The molecule has 1 aliphatic rings. The second-order valence-corrected chi connectivity index (χ2v) is 10.1. The van der Waals surface area contributed by atoms with Gasteiger partial charge in [-0.2, -0.15) is 4.98 Å². The predicted octanol–water partition coefficient (Wildman–Crippen LogP) is 1.62. The number of rotatable bonds is 5. The second-order valence-electron chi connectivity index (χ2n) is 7.57. The Morgan fingerprint density at radius 3 is 2.69 bits per heavy atom. The summed E-state index contributed by atoms with van der Waals surface area (Å²) in [6, 6.07) is 0. The van der Waals surface area contributed by atoms with Crippen LogP contribution in [0.5, 0.6) is 0 Å². The average Bonchev–Trinajstić information content (AvgIpc) is 3.28. The van der Waals surface area contributed by atoms with E-state index in [0.29, 0.717) is 23.6 Å². The highest BCUT2D eigenvalue weighted by molar-refractivity contribution is 8.01. The lowest BCUT2D eigenvalue weighted by atomic mass is 10.0. The number of hydrogen-bond donors (Lipinski definition) is 0. The zero-order chi connectivity index (χ0) is 20.7. The quantitative estimate of drug-likeness (QED) is 0.563. The monoisotopic (exact) mass is 435 g/mol. The van der Waals surface area contributed by atoms with Crippen LogP contribution < -0.4 is 16.1 Å². The van der Waals surface area contributed by atoms with Gasteiger partial charge in [0.15, 0.2) is 15.5 Å². The number of nitrogens with zero attached hydrogens (tertiary/aromatic N) is 7. The van der Waals surface area contributed by atoms with Gasteiger partial charge in [-0.05, 0) is 25.7 Å². The van der Waals surface area contributed by atoms with Gasteiger partial charge in [0.1, 0.15) is 5.01 Å². The van der Waals surface area contributed by atoms with Crippen LogP contribution in [0.4, 0.5) is 5.95 Å². The number of hydrogen-bond acceptors (Lipinski definition) is 8. The Kier molecular flexibility index (Phi) is 5.52. The van der Waals surface area contributed by atoms with Crippen molar-refractivity contribution in [1.29, 1.82) is 0 Å². The minimum atomic E-state index is -0.357. The zero-order valence-corrected chi connectivity index (χ0v) is 18.7. The molecule has 0 N–H and O–H groups in total. The van der Waals surface area contributed by atoms with Gasteiger partial charge in [0, 0.05) is 39.5 Å². The molecule has 1 atom stereocenters. The molecule has 4 heterocycles. The minimum absolute atomic E-state index is 0.302. The molecule has 4 rings (SSSR count). The van der Waals surface area contributed by atoms with Gasteiger partial charge >= 0.3 is 5.69 Å². The van der Waals surface area contributed by atoms with Gasteiger partial charge in [-0.25, -0.2) is 4.79 Å². The summed E-state index contributed by atoms with van der Waals surface area (Å²) < 4.78 is 5.52. The van der Waals surface area contributed by atoms with E-state index >= 15 is 0 Å². The summed E-state index contributed by atoms with van der Waals surface area (Å²) >= 11 is 3.19. The molecule has 0 aliphatic carbocycles. The molecule has 0 unspecified atom stereocenters. The Labute approximate surface area is 176 Å². The molecule has 0 amide bonds. The van der Waals surface area contributed by atoms with Crippen molar-refractivity contribution >= 4 is 40.2 Å². The molecule has 11 heteroatoms. The summed E-state index contributed by atoms with van der Waals surface area (Å²) in [6.07, 6.45) is 2.29. The topological polar surface area (TPSA) is 90.8 Å². The SMILES string of the molecule is Cc1nnc(SCCn2c(N3CCC[C@@H](C)C3)nc3c2c(=O)n(C)c(=O)n3C)s1. The molecule has 0 aromatic carbocycles. The first-order chi connectivity index (χ1) is 13.9.